The number of rotatable bonds is 5. The lowest BCUT2D eigenvalue weighted by atomic mass is 10.1. The largest absolute Gasteiger partial charge is 0.356 e. The molecule has 0 aliphatic carbocycles. The number of hydrogen-bond acceptors (Lipinski definition) is 5. The van der Waals surface area contributed by atoms with Crippen LogP contribution < -0.4 is 10.2 Å². The summed E-state index contributed by atoms with van der Waals surface area (Å²) in [6, 6.07) is 9.30. The summed E-state index contributed by atoms with van der Waals surface area (Å²) in [5, 5.41) is 7.40. The summed E-state index contributed by atoms with van der Waals surface area (Å²) in [5.41, 5.74) is 1.66. The number of nitrogens with one attached hydrogen (secondary N) is 1. The molecule has 3 aromatic rings. The predicted octanol–water partition coefficient (Wildman–Crippen LogP) is 3.13. The van der Waals surface area contributed by atoms with Crippen molar-refractivity contribution in [2.75, 3.05) is 23.3 Å². The Balaban J connectivity index is 1.58. The highest BCUT2D eigenvalue weighted by Crippen LogP contribution is 2.25. The van der Waals surface area contributed by atoms with Gasteiger partial charge in [0.1, 0.15) is 11.6 Å². The van der Waals surface area contributed by atoms with Gasteiger partial charge in [-0.3, -0.25) is 9.78 Å². The van der Waals surface area contributed by atoms with Gasteiger partial charge in [0.25, 0.3) is 5.91 Å². The highest BCUT2D eigenvalue weighted by atomic mass is 16.1. The number of anilines is 2. The maximum atomic E-state index is 13.0. The maximum Gasteiger partial charge on any atom is 0.260 e. The molecular formula is C20H22N6O. The van der Waals surface area contributed by atoms with E-state index in [9.17, 15) is 4.79 Å². The smallest absolute Gasteiger partial charge is 0.260 e. The molecule has 1 unspecified atom stereocenters. The number of carbonyl (C=O) groups is 1. The average Bonchev–Trinajstić information content (AvgIpc) is 3.40. The van der Waals surface area contributed by atoms with Crippen molar-refractivity contribution in [1.82, 2.24) is 19.7 Å². The summed E-state index contributed by atoms with van der Waals surface area (Å²) < 4.78 is 1.80. The molecule has 4 rings (SSSR count). The molecule has 0 saturated carbocycles. The molecule has 7 heteroatoms. The van der Waals surface area contributed by atoms with E-state index in [1.54, 1.807) is 35.5 Å². The Hall–Kier alpha value is -3.22. The molecule has 1 amide bonds. The number of hydrogen-bond donors (Lipinski definition) is 1. The van der Waals surface area contributed by atoms with Crippen molar-refractivity contribution in [3.63, 3.8) is 0 Å². The molecule has 0 spiro atoms. The van der Waals surface area contributed by atoms with Crippen molar-refractivity contribution in [3.05, 3.63) is 66.2 Å². The van der Waals surface area contributed by atoms with E-state index in [0.717, 1.165) is 37.3 Å². The van der Waals surface area contributed by atoms with Gasteiger partial charge in [0.2, 0.25) is 0 Å². The Morgan fingerprint density at radius 1 is 1.07 bits per heavy atom. The second kappa shape index (κ2) is 7.57. The first-order valence-electron chi connectivity index (χ1n) is 9.19. The third-order valence-corrected chi connectivity index (χ3v) is 4.90. The minimum Gasteiger partial charge on any atom is -0.356 e. The van der Waals surface area contributed by atoms with Crippen LogP contribution in [0.5, 0.6) is 0 Å². The SMILES string of the molecule is CC(c1ccncc1)n1nccc1NC(=O)c1cccnc1N1CCCC1. The van der Waals surface area contributed by atoms with Gasteiger partial charge in [-0.1, -0.05) is 0 Å². The molecule has 1 aliphatic heterocycles. The summed E-state index contributed by atoms with van der Waals surface area (Å²) in [5.74, 6) is 1.23. The van der Waals surface area contributed by atoms with Crippen molar-refractivity contribution in [1.29, 1.82) is 0 Å². The summed E-state index contributed by atoms with van der Waals surface area (Å²) in [6.45, 7) is 3.92. The van der Waals surface area contributed by atoms with Crippen molar-refractivity contribution in [2.24, 2.45) is 0 Å². The van der Waals surface area contributed by atoms with E-state index in [0.29, 0.717) is 11.4 Å². The maximum absolute atomic E-state index is 13.0. The zero-order valence-electron chi connectivity index (χ0n) is 15.2. The molecule has 4 heterocycles. The Morgan fingerprint density at radius 2 is 1.85 bits per heavy atom. The third-order valence-electron chi connectivity index (χ3n) is 4.90. The van der Waals surface area contributed by atoms with Crippen LogP contribution in [0.1, 0.15) is 41.7 Å². The van der Waals surface area contributed by atoms with Gasteiger partial charge < -0.3 is 10.2 Å². The number of amides is 1. The topological polar surface area (TPSA) is 75.9 Å². The quantitative estimate of drug-likeness (QED) is 0.755. The first-order chi connectivity index (χ1) is 13.2. The Bertz CT molecular complexity index is 917. The highest BCUT2D eigenvalue weighted by molar-refractivity contribution is 6.07. The fraction of sp³-hybridized carbons (Fsp3) is 0.300. The van der Waals surface area contributed by atoms with Gasteiger partial charge in [-0.15, -0.1) is 0 Å². The number of aromatic nitrogens is 4. The summed E-state index contributed by atoms with van der Waals surface area (Å²) in [4.78, 5) is 23.7. The molecule has 0 bridgehead atoms. The van der Waals surface area contributed by atoms with E-state index in [4.69, 9.17) is 0 Å². The van der Waals surface area contributed by atoms with Crippen molar-refractivity contribution in [2.45, 2.75) is 25.8 Å². The summed E-state index contributed by atoms with van der Waals surface area (Å²) in [7, 11) is 0. The zero-order valence-corrected chi connectivity index (χ0v) is 15.2. The Morgan fingerprint density at radius 3 is 2.63 bits per heavy atom. The minimum atomic E-state index is -0.173. The number of carbonyl (C=O) groups excluding carboxylic acids is 1. The Kier molecular flexibility index (Phi) is 4.82. The van der Waals surface area contributed by atoms with Crippen molar-refractivity contribution >= 4 is 17.5 Å². The molecule has 1 aliphatic rings. The van der Waals surface area contributed by atoms with E-state index >= 15 is 0 Å². The zero-order chi connectivity index (χ0) is 18.6. The van der Waals surface area contributed by atoms with E-state index in [2.05, 4.69) is 25.3 Å². The van der Waals surface area contributed by atoms with Crippen LogP contribution >= 0.6 is 0 Å². The fourth-order valence-corrected chi connectivity index (χ4v) is 3.44. The summed E-state index contributed by atoms with van der Waals surface area (Å²) in [6.07, 6.45) is 9.21. The second-order valence-electron chi connectivity index (χ2n) is 6.64. The molecule has 27 heavy (non-hydrogen) atoms. The third kappa shape index (κ3) is 3.53. The number of nitrogens with zero attached hydrogens (tertiary/aromatic N) is 5. The van der Waals surface area contributed by atoms with Gasteiger partial charge in [-0.2, -0.15) is 5.10 Å². The van der Waals surface area contributed by atoms with Crippen LogP contribution in [0.4, 0.5) is 11.6 Å². The molecule has 0 radical (unpaired) electrons. The van der Waals surface area contributed by atoms with Crippen LogP contribution in [0, 0.1) is 0 Å². The number of pyridine rings is 2. The molecule has 138 valence electrons. The van der Waals surface area contributed by atoms with Crippen LogP contribution in [0.3, 0.4) is 0 Å². The predicted molar refractivity (Wildman–Crippen MR) is 104 cm³/mol. The second-order valence-corrected chi connectivity index (χ2v) is 6.64. The lowest BCUT2D eigenvalue weighted by Crippen LogP contribution is -2.25. The molecule has 7 nitrogen and oxygen atoms in total. The standard InChI is InChI=1S/C20H22N6O/c1-15(16-6-10-21-11-7-16)26-18(8-12-23-26)24-20(27)17-5-4-9-22-19(17)25-13-2-3-14-25/h4-12,15H,2-3,13-14H2,1H3,(H,24,27). The lowest BCUT2D eigenvalue weighted by Gasteiger charge is -2.20. The Labute approximate surface area is 158 Å². The minimum absolute atomic E-state index is 0.0229. The highest BCUT2D eigenvalue weighted by Gasteiger charge is 2.22. The van der Waals surface area contributed by atoms with E-state index in [1.807, 2.05) is 31.2 Å². The van der Waals surface area contributed by atoms with Gasteiger partial charge in [-0.05, 0) is 49.6 Å². The van der Waals surface area contributed by atoms with Crippen molar-refractivity contribution < 1.29 is 4.79 Å². The van der Waals surface area contributed by atoms with Gasteiger partial charge >= 0.3 is 0 Å². The molecular weight excluding hydrogens is 340 g/mol. The first kappa shape index (κ1) is 17.2. The van der Waals surface area contributed by atoms with E-state index in [-0.39, 0.29) is 11.9 Å². The average molecular weight is 362 g/mol. The molecule has 1 atom stereocenters. The molecule has 0 aromatic carbocycles. The molecule has 1 N–H and O–H groups in total. The van der Waals surface area contributed by atoms with Gasteiger partial charge in [0, 0.05) is 37.7 Å². The normalized spacial score (nSPS) is 14.9. The van der Waals surface area contributed by atoms with Crippen LogP contribution in [-0.4, -0.2) is 38.7 Å². The fourth-order valence-electron chi connectivity index (χ4n) is 3.44. The van der Waals surface area contributed by atoms with Crippen LogP contribution in [0.2, 0.25) is 0 Å². The van der Waals surface area contributed by atoms with Gasteiger partial charge in [0.05, 0.1) is 17.8 Å². The van der Waals surface area contributed by atoms with Gasteiger partial charge in [-0.25, -0.2) is 9.67 Å². The van der Waals surface area contributed by atoms with Crippen LogP contribution in [-0.2, 0) is 0 Å². The van der Waals surface area contributed by atoms with E-state index in [1.165, 1.54) is 0 Å². The van der Waals surface area contributed by atoms with Crippen LogP contribution in [0.25, 0.3) is 0 Å². The lowest BCUT2D eigenvalue weighted by molar-refractivity contribution is 0.102. The molecule has 3 aromatic heterocycles. The molecule has 1 saturated heterocycles. The van der Waals surface area contributed by atoms with E-state index < -0.39 is 0 Å². The van der Waals surface area contributed by atoms with Gasteiger partial charge in [0.15, 0.2) is 0 Å². The first-order valence-corrected chi connectivity index (χ1v) is 9.19. The summed E-state index contributed by atoms with van der Waals surface area (Å²) >= 11 is 0. The monoisotopic (exact) mass is 362 g/mol. The van der Waals surface area contributed by atoms with Crippen LogP contribution in [0.15, 0.2) is 55.1 Å². The van der Waals surface area contributed by atoms with Crippen molar-refractivity contribution in [3.8, 4) is 0 Å². The molecule has 1 fully saturated rings.